The van der Waals surface area contributed by atoms with Crippen LogP contribution >= 0.6 is 0 Å². The molecule has 3 fully saturated rings. The number of hydrogen-bond acceptors (Lipinski definition) is 13. The molecule has 4 aliphatic heterocycles. The zero-order valence-corrected chi connectivity index (χ0v) is 36.0. The van der Waals surface area contributed by atoms with E-state index in [1.807, 2.05) is 19.1 Å². The highest BCUT2D eigenvalue weighted by atomic mass is 32.2. The number of carbonyl (C=O) groups is 4. The van der Waals surface area contributed by atoms with Crippen LogP contribution in [-0.2, 0) is 26.2 Å². The van der Waals surface area contributed by atoms with Crippen LogP contribution in [0, 0.1) is 12.7 Å². The van der Waals surface area contributed by atoms with E-state index < -0.39 is 51.0 Å². The highest BCUT2D eigenvalue weighted by Crippen LogP contribution is 2.31. The van der Waals surface area contributed by atoms with Crippen LogP contribution in [0.1, 0.15) is 78.3 Å². The predicted molar refractivity (Wildman–Crippen MR) is 231 cm³/mol. The second kappa shape index (κ2) is 17.2. The molecule has 4 aliphatic rings. The van der Waals surface area contributed by atoms with Gasteiger partial charge in [0.1, 0.15) is 17.7 Å². The highest BCUT2D eigenvalue weighted by Gasteiger charge is 2.45. The Bertz CT molecular complexity index is 2520. The molecule has 16 nitrogen and oxygen atoms in total. The number of nitrogens with zero attached hydrogens (tertiary/aromatic N) is 6. The van der Waals surface area contributed by atoms with Crippen molar-refractivity contribution in [2.24, 2.45) is 0 Å². The van der Waals surface area contributed by atoms with Crippen molar-refractivity contribution in [2.75, 3.05) is 54.8 Å². The van der Waals surface area contributed by atoms with Crippen molar-refractivity contribution in [1.82, 2.24) is 34.7 Å². The molecule has 0 radical (unpaired) electrons. The molecule has 1 aromatic heterocycles. The summed E-state index contributed by atoms with van der Waals surface area (Å²) in [6.45, 7) is 12.5. The quantitative estimate of drug-likeness (QED) is 0.152. The Balaban J connectivity index is 0.811. The van der Waals surface area contributed by atoms with Crippen molar-refractivity contribution in [1.29, 1.82) is 0 Å². The number of amides is 4. The van der Waals surface area contributed by atoms with Crippen molar-refractivity contribution in [3.63, 3.8) is 0 Å². The minimum absolute atomic E-state index is 0.0171. The highest BCUT2D eigenvalue weighted by molar-refractivity contribution is 7.89. The van der Waals surface area contributed by atoms with E-state index in [-0.39, 0.29) is 28.9 Å². The molecule has 0 bridgehead atoms. The van der Waals surface area contributed by atoms with Gasteiger partial charge < -0.3 is 15.5 Å². The number of aromatic nitrogens is 2. The van der Waals surface area contributed by atoms with Gasteiger partial charge in [-0.3, -0.25) is 39.2 Å². The maximum absolute atomic E-state index is 15.4. The summed E-state index contributed by atoms with van der Waals surface area (Å²) in [7, 11) is -3.71. The lowest BCUT2D eigenvalue weighted by Crippen LogP contribution is -2.54. The fourth-order valence-electron chi connectivity index (χ4n) is 8.53. The van der Waals surface area contributed by atoms with Crippen LogP contribution < -0.4 is 25.6 Å². The lowest BCUT2D eigenvalue weighted by atomic mass is 10.0. The molecule has 3 aromatic carbocycles. The molecule has 62 heavy (non-hydrogen) atoms. The zero-order valence-electron chi connectivity index (χ0n) is 35.2. The number of rotatable bonds is 11. The Morgan fingerprint density at radius 3 is 2.21 bits per heavy atom. The standard InChI is InChI=1S/C44H51FN10O6S/c1-27-25-46-43(50-39(27)47-30-6-5-7-33(23-30)62(60,61)51-44(2,3)4)48-29-8-10-31(11-9-29)53-16-14-32(15-17-53)54-20-18-52(19-21-54)26-28-22-34-35(24-36(28)45)42(59)55(41(34)58)37-12-13-38(56)49-40(37)57/h5-11,22-25,32,37,51H,12-21,26H2,1-4H3,(H,49,56,57)(H2,46,47,48,50). The third-order valence-electron chi connectivity index (χ3n) is 11.7. The number of aryl methyl sites for hydroxylation is 1. The number of hydrogen-bond donors (Lipinski definition) is 4. The average molecular weight is 867 g/mol. The first kappa shape index (κ1) is 42.9. The number of piperidine rings is 2. The molecule has 4 N–H and O–H groups in total. The Morgan fingerprint density at radius 1 is 0.839 bits per heavy atom. The number of anilines is 5. The van der Waals surface area contributed by atoms with Crippen molar-refractivity contribution in [2.45, 2.75) is 82.4 Å². The maximum atomic E-state index is 15.4. The molecule has 5 heterocycles. The lowest BCUT2D eigenvalue weighted by Gasteiger charge is -2.43. The number of piperazine rings is 1. The first-order chi connectivity index (χ1) is 29.5. The van der Waals surface area contributed by atoms with Crippen LogP contribution in [0.15, 0.2) is 71.8 Å². The fourth-order valence-corrected chi connectivity index (χ4v) is 9.99. The van der Waals surface area contributed by atoms with Crippen molar-refractivity contribution in [3.05, 3.63) is 94.9 Å². The summed E-state index contributed by atoms with van der Waals surface area (Å²) >= 11 is 0. The van der Waals surface area contributed by atoms with Crippen LogP contribution in [0.4, 0.5) is 33.2 Å². The number of carbonyl (C=O) groups excluding carboxylic acids is 4. The summed E-state index contributed by atoms with van der Waals surface area (Å²) in [5.74, 6) is -2.13. The van der Waals surface area contributed by atoms with E-state index in [4.69, 9.17) is 0 Å². The molecule has 4 aromatic rings. The predicted octanol–water partition coefficient (Wildman–Crippen LogP) is 4.68. The minimum atomic E-state index is -3.71. The first-order valence-corrected chi connectivity index (χ1v) is 22.4. The van der Waals surface area contributed by atoms with Crippen LogP contribution in [0.25, 0.3) is 0 Å². The fraction of sp³-hybridized carbons (Fsp3) is 0.409. The van der Waals surface area contributed by atoms with Crippen molar-refractivity contribution >= 4 is 62.5 Å². The number of fused-ring (bicyclic) bond motifs is 1. The molecule has 1 atom stereocenters. The molecular formula is C44H51FN10O6S. The smallest absolute Gasteiger partial charge is 0.262 e. The number of nitrogens with one attached hydrogen (secondary N) is 4. The summed E-state index contributed by atoms with van der Waals surface area (Å²) in [6.07, 6.45) is 3.78. The van der Waals surface area contributed by atoms with Crippen LogP contribution in [0.5, 0.6) is 0 Å². The maximum Gasteiger partial charge on any atom is 0.262 e. The van der Waals surface area contributed by atoms with Gasteiger partial charge in [0.2, 0.25) is 27.8 Å². The molecule has 1 unspecified atom stereocenters. The molecule has 18 heteroatoms. The van der Waals surface area contributed by atoms with Crippen LogP contribution in [0.3, 0.4) is 0 Å². The van der Waals surface area contributed by atoms with Gasteiger partial charge in [0, 0.05) is 98.2 Å². The SMILES string of the molecule is Cc1cnc(Nc2ccc(N3CCC(N4CCN(Cc5cc6c(cc5F)C(=O)N(C5CCC(=O)NC5=O)C6=O)CC4)CC3)cc2)nc1Nc1cccc(S(=O)(=O)NC(C)(C)C)c1. The normalized spacial score (nSPS) is 19.5. The third-order valence-corrected chi connectivity index (χ3v) is 13.5. The van der Waals surface area contributed by atoms with Crippen LogP contribution in [0.2, 0.25) is 0 Å². The van der Waals surface area contributed by atoms with Crippen LogP contribution in [-0.4, -0.2) is 114 Å². The second-order valence-electron chi connectivity index (χ2n) is 17.4. The summed E-state index contributed by atoms with van der Waals surface area (Å²) in [6, 6.07) is 16.6. The molecule has 0 aliphatic carbocycles. The third kappa shape index (κ3) is 9.33. The summed E-state index contributed by atoms with van der Waals surface area (Å²) < 4.78 is 43.9. The molecular weight excluding hydrogens is 816 g/mol. The topological polar surface area (TPSA) is 189 Å². The Labute approximate surface area is 360 Å². The molecule has 8 rings (SSSR count). The zero-order chi connectivity index (χ0) is 43.9. The van der Waals surface area contributed by atoms with E-state index in [9.17, 15) is 27.6 Å². The number of benzene rings is 3. The Morgan fingerprint density at radius 2 is 1.53 bits per heavy atom. The van der Waals surface area contributed by atoms with Crippen molar-refractivity contribution < 1.29 is 32.0 Å². The van der Waals surface area contributed by atoms with E-state index in [1.54, 1.807) is 51.2 Å². The van der Waals surface area contributed by atoms with Gasteiger partial charge in [0.05, 0.1) is 16.0 Å². The molecule has 3 saturated heterocycles. The monoisotopic (exact) mass is 866 g/mol. The largest absolute Gasteiger partial charge is 0.371 e. The van der Waals surface area contributed by atoms with E-state index in [0.29, 0.717) is 35.6 Å². The van der Waals surface area contributed by atoms with Gasteiger partial charge in [0.15, 0.2) is 0 Å². The number of imide groups is 2. The Kier molecular flexibility index (Phi) is 11.9. The summed E-state index contributed by atoms with van der Waals surface area (Å²) in [4.78, 5) is 67.6. The van der Waals surface area contributed by atoms with Crippen molar-refractivity contribution in [3.8, 4) is 0 Å². The van der Waals surface area contributed by atoms with E-state index in [0.717, 1.165) is 80.0 Å². The number of sulfonamides is 1. The van der Waals surface area contributed by atoms with Gasteiger partial charge in [-0.15, -0.1) is 0 Å². The molecule has 0 saturated carbocycles. The molecule has 4 amide bonds. The molecule has 0 spiro atoms. The van der Waals surface area contributed by atoms with Gasteiger partial charge in [0.25, 0.3) is 11.8 Å². The lowest BCUT2D eigenvalue weighted by molar-refractivity contribution is -0.136. The second-order valence-corrected chi connectivity index (χ2v) is 19.1. The summed E-state index contributed by atoms with van der Waals surface area (Å²) in [5.41, 5.74) is 3.06. The summed E-state index contributed by atoms with van der Waals surface area (Å²) in [5, 5.41) is 8.70. The first-order valence-electron chi connectivity index (χ1n) is 20.9. The van der Waals surface area contributed by atoms with E-state index in [1.165, 1.54) is 6.07 Å². The average Bonchev–Trinajstić information content (AvgIpc) is 3.46. The molecule has 326 valence electrons. The van der Waals surface area contributed by atoms with Gasteiger partial charge in [-0.05, 0) is 102 Å². The van der Waals surface area contributed by atoms with E-state index in [2.05, 4.69) is 57.5 Å². The van der Waals surface area contributed by atoms with Gasteiger partial charge >= 0.3 is 0 Å². The Hall–Kier alpha value is -5.82. The van der Waals surface area contributed by atoms with E-state index >= 15 is 4.39 Å². The number of halogens is 1. The van der Waals surface area contributed by atoms with Gasteiger partial charge in [-0.2, -0.15) is 4.98 Å². The van der Waals surface area contributed by atoms with Gasteiger partial charge in [-0.1, -0.05) is 6.07 Å². The van der Waals surface area contributed by atoms with Gasteiger partial charge in [-0.25, -0.2) is 22.5 Å². The minimum Gasteiger partial charge on any atom is -0.371 e.